The smallest absolute Gasteiger partial charge is 0.250 e. The maximum atomic E-state index is 11.4. The predicted octanol–water partition coefficient (Wildman–Crippen LogP) is 1.24. The van der Waals surface area contributed by atoms with Crippen LogP contribution in [0.25, 0.3) is 0 Å². The van der Waals surface area contributed by atoms with E-state index < -0.39 is 5.91 Å². The lowest BCUT2D eigenvalue weighted by Gasteiger charge is -2.27. The zero-order valence-corrected chi connectivity index (χ0v) is 10.5. The number of nitrogens with zero attached hydrogens (tertiary/aromatic N) is 1. The number of anilines is 1. The maximum absolute atomic E-state index is 11.4. The first-order valence-electron chi connectivity index (χ1n) is 5.62. The van der Waals surface area contributed by atoms with Crippen LogP contribution in [0.5, 0.6) is 0 Å². The molecule has 0 spiro atoms. The van der Waals surface area contributed by atoms with Crippen LogP contribution in [0.1, 0.15) is 16.8 Å². The molecule has 17 heavy (non-hydrogen) atoms. The molecule has 1 aromatic rings. The van der Waals surface area contributed by atoms with Crippen molar-refractivity contribution in [3.63, 3.8) is 0 Å². The number of amides is 1. The van der Waals surface area contributed by atoms with E-state index in [1.54, 1.807) is 18.2 Å². The van der Waals surface area contributed by atoms with Gasteiger partial charge in [-0.3, -0.25) is 4.79 Å². The molecule has 1 aromatic carbocycles. The van der Waals surface area contributed by atoms with Crippen LogP contribution >= 0.6 is 11.6 Å². The molecule has 1 amide bonds. The second-order valence-corrected chi connectivity index (χ2v) is 4.72. The molecule has 5 heteroatoms. The summed E-state index contributed by atoms with van der Waals surface area (Å²) >= 11 is 5.98. The number of nitrogens with one attached hydrogen (secondary N) is 1. The van der Waals surface area contributed by atoms with Gasteiger partial charge >= 0.3 is 0 Å². The van der Waals surface area contributed by atoms with Gasteiger partial charge in [0.15, 0.2) is 0 Å². The van der Waals surface area contributed by atoms with Crippen molar-refractivity contribution in [2.45, 2.75) is 12.5 Å². The second kappa shape index (κ2) is 4.94. The average Bonchev–Trinajstić information content (AvgIpc) is 2.80. The first kappa shape index (κ1) is 12.2. The molecule has 1 unspecified atom stereocenters. The van der Waals surface area contributed by atoms with Gasteiger partial charge in [0.1, 0.15) is 0 Å². The molecule has 1 heterocycles. The number of primary amides is 1. The molecule has 3 N–H and O–H groups in total. The molecular weight excluding hydrogens is 238 g/mol. The number of carbonyl (C=O) groups is 1. The summed E-state index contributed by atoms with van der Waals surface area (Å²) < 4.78 is 0. The number of carbonyl (C=O) groups excluding carboxylic acids is 1. The van der Waals surface area contributed by atoms with Gasteiger partial charge in [0.05, 0.1) is 11.3 Å². The van der Waals surface area contributed by atoms with Gasteiger partial charge in [-0.2, -0.15) is 0 Å². The summed E-state index contributed by atoms with van der Waals surface area (Å²) in [7, 11) is 1.97. The van der Waals surface area contributed by atoms with E-state index in [9.17, 15) is 4.79 Å². The van der Waals surface area contributed by atoms with Crippen molar-refractivity contribution >= 4 is 23.2 Å². The first-order valence-corrected chi connectivity index (χ1v) is 6.00. The second-order valence-electron chi connectivity index (χ2n) is 4.28. The summed E-state index contributed by atoms with van der Waals surface area (Å²) in [5.74, 6) is -0.422. The Morgan fingerprint density at radius 1 is 1.59 bits per heavy atom. The van der Waals surface area contributed by atoms with E-state index in [0.29, 0.717) is 16.6 Å². The summed E-state index contributed by atoms with van der Waals surface area (Å²) in [5, 5.41) is 3.91. The van der Waals surface area contributed by atoms with Gasteiger partial charge < -0.3 is 16.0 Å². The van der Waals surface area contributed by atoms with Crippen molar-refractivity contribution in [1.29, 1.82) is 0 Å². The minimum atomic E-state index is -0.422. The molecule has 0 radical (unpaired) electrons. The summed E-state index contributed by atoms with van der Waals surface area (Å²) in [6.45, 7) is 1.92. The number of benzene rings is 1. The summed E-state index contributed by atoms with van der Waals surface area (Å²) in [5.41, 5.74) is 6.70. The largest absolute Gasteiger partial charge is 0.370 e. The Labute approximate surface area is 106 Å². The molecule has 2 rings (SSSR count). The Bertz CT molecular complexity index is 430. The Hall–Kier alpha value is -1.26. The maximum Gasteiger partial charge on any atom is 0.250 e. The van der Waals surface area contributed by atoms with Gasteiger partial charge in [-0.1, -0.05) is 11.6 Å². The van der Waals surface area contributed by atoms with E-state index in [1.807, 2.05) is 7.05 Å². The van der Waals surface area contributed by atoms with E-state index in [-0.39, 0.29) is 0 Å². The van der Waals surface area contributed by atoms with E-state index in [2.05, 4.69) is 10.2 Å². The molecule has 0 bridgehead atoms. The fourth-order valence-corrected chi connectivity index (χ4v) is 2.34. The van der Waals surface area contributed by atoms with Crippen LogP contribution in [0.15, 0.2) is 18.2 Å². The number of hydrogen-bond donors (Lipinski definition) is 2. The molecule has 0 aliphatic carbocycles. The topological polar surface area (TPSA) is 58.4 Å². The van der Waals surface area contributed by atoms with Crippen molar-refractivity contribution in [3.8, 4) is 0 Å². The van der Waals surface area contributed by atoms with Gasteiger partial charge in [0.2, 0.25) is 0 Å². The third-order valence-electron chi connectivity index (χ3n) is 3.19. The Morgan fingerprint density at radius 2 is 2.35 bits per heavy atom. The molecule has 1 atom stereocenters. The average molecular weight is 254 g/mol. The molecule has 0 saturated carbocycles. The fourth-order valence-electron chi connectivity index (χ4n) is 2.17. The number of nitrogens with two attached hydrogens (primary N) is 1. The third kappa shape index (κ3) is 2.53. The molecule has 1 saturated heterocycles. The highest BCUT2D eigenvalue weighted by Crippen LogP contribution is 2.26. The van der Waals surface area contributed by atoms with Gasteiger partial charge in [0, 0.05) is 24.7 Å². The zero-order valence-electron chi connectivity index (χ0n) is 9.74. The quantitative estimate of drug-likeness (QED) is 0.852. The standard InChI is InChI=1S/C12H16ClN3O/c1-16(9-4-5-15-7-9)11-6-8(13)2-3-10(11)12(14)17/h2-3,6,9,15H,4-5,7H2,1H3,(H2,14,17). The molecule has 1 aliphatic rings. The highest BCUT2D eigenvalue weighted by atomic mass is 35.5. The number of halogens is 1. The lowest BCUT2D eigenvalue weighted by atomic mass is 10.1. The van der Waals surface area contributed by atoms with Crippen molar-refractivity contribution in [1.82, 2.24) is 5.32 Å². The van der Waals surface area contributed by atoms with Crippen molar-refractivity contribution in [2.24, 2.45) is 5.73 Å². The van der Waals surface area contributed by atoms with Crippen molar-refractivity contribution in [2.75, 3.05) is 25.0 Å². The van der Waals surface area contributed by atoms with Crippen LogP contribution in [0.2, 0.25) is 5.02 Å². The van der Waals surface area contributed by atoms with E-state index >= 15 is 0 Å². The van der Waals surface area contributed by atoms with Crippen molar-refractivity contribution in [3.05, 3.63) is 28.8 Å². The minimum absolute atomic E-state index is 0.381. The molecule has 1 aliphatic heterocycles. The Balaban J connectivity index is 2.34. The summed E-state index contributed by atoms with van der Waals surface area (Å²) in [6.07, 6.45) is 1.06. The monoisotopic (exact) mass is 253 g/mol. The minimum Gasteiger partial charge on any atom is -0.370 e. The number of hydrogen-bond acceptors (Lipinski definition) is 3. The van der Waals surface area contributed by atoms with E-state index in [4.69, 9.17) is 17.3 Å². The molecule has 4 nitrogen and oxygen atoms in total. The van der Waals surface area contributed by atoms with Gasteiger partial charge in [-0.05, 0) is 31.2 Å². The van der Waals surface area contributed by atoms with Crippen LogP contribution in [-0.2, 0) is 0 Å². The Morgan fingerprint density at radius 3 is 2.94 bits per heavy atom. The van der Waals surface area contributed by atoms with Crippen LogP contribution in [0.3, 0.4) is 0 Å². The highest BCUT2D eigenvalue weighted by Gasteiger charge is 2.22. The van der Waals surface area contributed by atoms with Crippen molar-refractivity contribution < 1.29 is 4.79 Å². The normalized spacial score (nSPS) is 19.3. The van der Waals surface area contributed by atoms with Crippen LogP contribution in [-0.4, -0.2) is 32.1 Å². The SMILES string of the molecule is CN(c1cc(Cl)ccc1C(N)=O)C1CCNC1. The molecule has 0 aromatic heterocycles. The fraction of sp³-hybridized carbons (Fsp3) is 0.417. The zero-order chi connectivity index (χ0) is 12.4. The lowest BCUT2D eigenvalue weighted by Crippen LogP contribution is -2.34. The van der Waals surface area contributed by atoms with E-state index in [0.717, 1.165) is 25.2 Å². The lowest BCUT2D eigenvalue weighted by molar-refractivity contribution is 0.100. The summed E-state index contributed by atoms with van der Waals surface area (Å²) in [4.78, 5) is 13.5. The predicted molar refractivity (Wildman–Crippen MR) is 69.6 cm³/mol. The first-order chi connectivity index (χ1) is 8.09. The highest BCUT2D eigenvalue weighted by molar-refractivity contribution is 6.31. The van der Waals surface area contributed by atoms with Gasteiger partial charge in [0.25, 0.3) is 5.91 Å². The van der Waals surface area contributed by atoms with E-state index in [1.165, 1.54) is 0 Å². The molecular formula is C12H16ClN3O. The number of rotatable bonds is 3. The van der Waals surface area contributed by atoms with Crippen LogP contribution in [0, 0.1) is 0 Å². The van der Waals surface area contributed by atoms with Crippen LogP contribution in [0.4, 0.5) is 5.69 Å². The third-order valence-corrected chi connectivity index (χ3v) is 3.42. The Kier molecular flexibility index (Phi) is 3.54. The van der Waals surface area contributed by atoms with Gasteiger partial charge in [-0.25, -0.2) is 0 Å². The summed E-state index contributed by atoms with van der Waals surface area (Å²) in [6, 6.07) is 5.54. The van der Waals surface area contributed by atoms with Gasteiger partial charge in [-0.15, -0.1) is 0 Å². The number of likely N-dealkylation sites (N-methyl/N-ethyl adjacent to an activating group) is 1. The van der Waals surface area contributed by atoms with Crippen LogP contribution < -0.4 is 16.0 Å². The molecule has 1 fully saturated rings. The molecule has 92 valence electrons.